The number of alkyl carbamates (subject to hydrolysis) is 1. The highest BCUT2D eigenvalue weighted by Gasteiger charge is 2.29. The van der Waals surface area contributed by atoms with Crippen LogP contribution in [0.1, 0.15) is 41.5 Å². The van der Waals surface area contributed by atoms with Crippen LogP contribution in [0.4, 0.5) is 4.79 Å². The zero-order valence-corrected chi connectivity index (χ0v) is 16.1. The van der Waals surface area contributed by atoms with E-state index in [0.717, 1.165) is 13.1 Å². The molecule has 6 nitrogen and oxygen atoms in total. The number of nitrogens with one attached hydrogen (secondary N) is 1. The number of nitrogens with zero attached hydrogens (tertiary/aromatic N) is 1. The minimum atomic E-state index is -2.93. The van der Waals surface area contributed by atoms with Crippen molar-refractivity contribution in [1.29, 1.82) is 0 Å². The van der Waals surface area contributed by atoms with Crippen molar-refractivity contribution in [3.8, 4) is 0 Å². The normalized spacial score (nSPS) is 23.1. The van der Waals surface area contributed by atoms with Gasteiger partial charge in [0.05, 0.1) is 11.5 Å². The molecule has 136 valence electrons. The van der Waals surface area contributed by atoms with Gasteiger partial charge < -0.3 is 15.0 Å². The Kier molecular flexibility index (Phi) is 6.49. The lowest BCUT2D eigenvalue weighted by atomic mass is 9.92. The number of carbonyl (C=O) groups excluding carboxylic acids is 1. The molecule has 0 radical (unpaired) electrons. The van der Waals surface area contributed by atoms with E-state index in [2.05, 4.69) is 24.1 Å². The number of hydrogen-bond acceptors (Lipinski definition) is 5. The maximum atomic E-state index is 11.8. The minimum absolute atomic E-state index is 0.136. The van der Waals surface area contributed by atoms with Crippen LogP contribution >= 0.6 is 0 Å². The van der Waals surface area contributed by atoms with Gasteiger partial charge in [0.25, 0.3) is 0 Å². The van der Waals surface area contributed by atoms with Crippen LogP contribution in [-0.2, 0) is 14.6 Å². The fraction of sp³-hybridized carbons (Fsp3) is 0.938. The molecule has 1 aliphatic heterocycles. The summed E-state index contributed by atoms with van der Waals surface area (Å²) in [6.45, 7) is 14.1. The molecule has 1 saturated heterocycles. The van der Waals surface area contributed by atoms with Crippen molar-refractivity contribution in [1.82, 2.24) is 10.2 Å². The fourth-order valence-electron chi connectivity index (χ4n) is 2.80. The van der Waals surface area contributed by atoms with Gasteiger partial charge in [-0.3, -0.25) is 0 Å². The first-order valence-corrected chi connectivity index (χ1v) is 10.00. The van der Waals surface area contributed by atoms with E-state index in [9.17, 15) is 13.2 Å². The molecule has 1 rings (SSSR count). The molecule has 0 aromatic heterocycles. The van der Waals surface area contributed by atoms with Crippen LogP contribution in [0.25, 0.3) is 0 Å². The Bertz CT molecular complexity index is 509. The van der Waals surface area contributed by atoms with E-state index in [4.69, 9.17) is 4.74 Å². The van der Waals surface area contributed by atoms with E-state index in [1.807, 2.05) is 27.7 Å². The number of hydrogen-bond donors (Lipinski definition) is 1. The van der Waals surface area contributed by atoms with Gasteiger partial charge in [-0.1, -0.05) is 20.8 Å². The number of rotatable bonds is 4. The maximum Gasteiger partial charge on any atom is 0.407 e. The molecule has 0 saturated carbocycles. The third kappa shape index (κ3) is 8.55. The van der Waals surface area contributed by atoms with Crippen molar-refractivity contribution in [3.05, 3.63) is 0 Å². The molecule has 1 atom stereocenters. The van der Waals surface area contributed by atoms with Gasteiger partial charge in [0.2, 0.25) is 0 Å². The Balaban J connectivity index is 2.52. The van der Waals surface area contributed by atoms with Crippen LogP contribution in [-0.4, -0.2) is 62.7 Å². The third-order valence-electron chi connectivity index (χ3n) is 3.59. The van der Waals surface area contributed by atoms with Crippen LogP contribution in [0.5, 0.6) is 0 Å². The Morgan fingerprint density at radius 2 is 1.87 bits per heavy atom. The zero-order chi connectivity index (χ0) is 17.9. The van der Waals surface area contributed by atoms with Crippen LogP contribution < -0.4 is 5.32 Å². The summed E-state index contributed by atoms with van der Waals surface area (Å²) in [5.41, 5.74) is -0.673. The van der Waals surface area contributed by atoms with Crippen molar-refractivity contribution in [3.63, 3.8) is 0 Å². The monoisotopic (exact) mass is 348 g/mol. The molecule has 0 aromatic rings. The fourth-order valence-corrected chi connectivity index (χ4v) is 4.48. The lowest BCUT2D eigenvalue weighted by Crippen LogP contribution is -2.44. The second-order valence-corrected chi connectivity index (χ2v) is 10.7. The van der Waals surface area contributed by atoms with Crippen molar-refractivity contribution in [2.45, 2.75) is 47.1 Å². The summed E-state index contributed by atoms with van der Waals surface area (Å²) >= 11 is 0. The van der Waals surface area contributed by atoms with E-state index < -0.39 is 21.5 Å². The Labute approximate surface area is 140 Å². The average Bonchev–Trinajstić information content (AvgIpc) is 2.42. The lowest BCUT2D eigenvalue weighted by molar-refractivity contribution is 0.0494. The highest BCUT2D eigenvalue weighted by Crippen LogP contribution is 2.19. The van der Waals surface area contributed by atoms with E-state index in [0.29, 0.717) is 13.1 Å². The summed E-state index contributed by atoms with van der Waals surface area (Å²) < 4.78 is 28.9. The van der Waals surface area contributed by atoms with Gasteiger partial charge in [-0.25, -0.2) is 13.2 Å². The molecule has 1 aliphatic rings. The largest absolute Gasteiger partial charge is 0.444 e. The van der Waals surface area contributed by atoms with Crippen molar-refractivity contribution < 1.29 is 17.9 Å². The zero-order valence-electron chi connectivity index (χ0n) is 15.3. The predicted octanol–water partition coefficient (Wildman–Crippen LogP) is 1.90. The summed E-state index contributed by atoms with van der Waals surface area (Å²) in [4.78, 5) is 14.0. The molecule has 7 heteroatoms. The summed E-state index contributed by atoms with van der Waals surface area (Å²) in [5.74, 6) is 0.615. The van der Waals surface area contributed by atoms with Gasteiger partial charge >= 0.3 is 6.09 Å². The summed E-state index contributed by atoms with van der Waals surface area (Å²) in [6.07, 6.45) is -0.419. The first kappa shape index (κ1) is 20.2. The van der Waals surface area contributed by atoms with E-state index in [-0.39, 0.29) is 22.8 Å². The van der Waals surface area contributed by atoms with Crippen molar-refractivity contribution in [2.75, 3.05) is 37.7 Å². The molecule has 0 aliphatic carbocycles. The molecule has 1 amide bonds. The Morgan fingerprint density at radius 1 is 1.26 bits per heavy atom. The molecule has 0 aromatic carbocycles. The molecular weight excluding hydrogens is 316 g/mol. The topological polar surface area (TPSA) is 75.7 Å². The molecule has 1 fully saturated rings. The molecular formula is C16H32N2O4S. The second-order valence-electron chi connectivity index (χ2n) is 8.47. The highest BCUT2D eigenvalue weighted by molar-refractivity contribution is 7.91. The number of ether oxygens (including phenoxy) is 1. The molecule has 0 bridgehead atoms. The van der Waals surface area contributed by atoms with Gasteiger partial charge in [-0.15, -0.1) is 0 Å². The minimum Gasteiger partial charge on any atom is -0.444 e. The lowest BCUT2D eigenvalue weighted by Gasteiger charge is -2.33. The molecule has 0 spiro atoms. The van der Waals surface area contributed by atoms with E-state index in [1.54, 1.807) is 0 Å². The number of amides is 1. The van der Waals surface area contributed by atoms with Crippen molar-refractivity contribution in [2.24, 2.45) is 11.3 Å². The molecule has 1 N–H and O–H groups in total. The predicted molar refractivity (Wildman–Crippen MR) is 92.3 cm³/mol. The summed E-state index contributed by atoms with van der Waals surface area (Å²) in [5, 5.41) is 2.81. The maximum absolute atomic E-state index is 11.8. The van der Waals surface area contributed by atoms with Crippen LogP contribution in [0.3, 0.4) is 0 Å². The number of sulfone groups is 1. The quantitative estimate of drug-likeness (QED) is 0.840. The van der Waals surface area contributed by atoms with E-state index in [1.165, 1.54) is 0 Å². The van der Waals surface area contributed by atoms with Crippen LogP contribution in [0.15, 0.2) is 0 Å². The van der Waals surface area contributed by atoms with Crippen LogP contribution in [0, 0.1) is 11.3 Å². The van der Waals surface area contributed by atoms with E-state index >= 15 is 0 Å². The second kappa shape index (κ2) is 7.38. The van der Waals surface area contributed by atoms with Gasteiger partial charge in [0.15, 0.2) is 9.84 Å². The first-order chi connectivity index (χ1) is 10.3. The van der Waals surface area contributed by atoms with Gasteiger partial charge in [0, 0.05) is 26.2 Å². The Morgan fingerprint density at radius 3 is 2.43 bits per heavy atom. The smallest absolute Gasteiger partial charge is 0.407 e. The van der Waals surface area contributed by atoms with Gasteiger partial charge in [-0.05, 0) is 32.1 Å². The first-order valence-electron chi connectivity index (χ1n) is 8.18. The molecule has 23 heavy (non-hydrogen) atoms. The summed E-state index contributed by atoms with van der Waals surface area (Å²) in [7, 11) is -2.93. The SMILES string of the molecule is C[C@H]1CN(CC(C)(C)CNC(=O)OC(C)(C)C)CCS(=O)(=O)C1. The third-order valence-corrected chi connectivity index (χ3v) is 5.47. The Hall–Kier alpha value is -0.820. The van der Waals surface area contributed by atoms with Gasteiger partial charge in [-0.2, -0.15) is 0 Å². The standard InChI is InChI=1S/C16H32N2O4S/c1-13-9-18(7-8-23(20,21)10-13)12-16(5,6)11-17-14(19)22-15(2,3)4/h13H,7-12H2,1-6H3,(H,17,19)/t13-/m0/s1. The van der Waals surface area contributed by atoms with Gasteiger partial charge in [0.1, 0.15) is 5.60 Å². The highest BCUT2D eigenvalue weighted by atomic mass is 32.2. The van der Waals surface area contributed by atoms with Crippen LogP contribution in [0.2, 0.25) is 0 Å². The average molecular weight is 349 g/mol. The van der Waals surface area contributed by atoms with Crippen molar-refractivity contribution >= 4 is 15.9 Å². The number of carbonyl (C=O) groups is 1. The summed E-state index contributed by atoms with van der Waals surface area (Å²) in [6, 6.07) is 0. The molecule has 1 heterocycles. The molecule has 0 unspecified atom stereocenters.